The quantitative estimate of drug-likeness (QED) is 0.280. The van der Waals surface area contributed by atoms with Crippen molar-refractivity contribution in [3.8, 4) is 12.0 Å². The SMILES string of the molecule is O=C(O)CNC#CCS. The van der Waals surface area contributed by atoms with Gasteiger partial charge >= 0.3 is 5.97 Å². The van der Waals surface area contributed by atoms with Crippen molar-refractivity contribution >= 4 is 18.6 Å². The third kappa shape index (κ3) is 7.18. The van der Waals surface area contributed by atoms with Crippen molar-refractivity contribution in [2.24, 2.45) is 0 Å². The molecule has 0 aliphatic heterocycles. The standard InChI is InChI=1S/C5H7NO2S/c7-5(8)4-6-2-1-3-9/h6,9H,3-4H2,(H,7,8). The zero-order valence-electron chi connectivity index (χ0n) is 4.72. The second-order valence-electron chi connectivity index (χ2n) is 1.21. The van der Waals surface area contributed by atoms with E-state index in [2.05, 4.69) is 29.9 Å². The van der Waals surface area contributed by atoms with Crippen LogP contribution < -0.4 is 5.32 Å². The van der Waals surface area contributed by atoms with Crippen LogP contribution in [-0.4, -0.2) is 23.4 Å². The first-order chi connectivity index (χ1) is 4.27. The highest BCUT2D eigenvalue weighted by Gasteiger charge is 1.88. The molecule has 0 bridgehead atoms. The molecular weight excluding hydrogens is 138 g/mol. The molecule has 2 N–H and O–H groups in total. The zero-order valence-corrected chi connectivity index (χ0v) is 5.61. The lowest BCUT2D eigenvalue weighted by atomic mass is 10.6. The summed E-state index contributed by atoms with van der Waals surface area (Å²) in [5, 5.41) is 10.4. The number of carboxylic acids is 1. The van der Waals surface area contributed by atoms with Crippen LogP contribution in [0.25, 0.3) is 0 Å². The third-order valence-corrected chi connectivity index (χ3v) is 0.654. The first-order valence-electron chi connectivity index (χ1n) is 2.30. The molecule has 0 fully saturated rings. The normalized spacial score (nSPS) is 7.22. The minimum atomic E-state index is -0.913. The van der Waals surface area contributed by atoms with Crippen molar-refractivity contribution < 1.29 is 9.90 Å². The van der Waals surface area contributed by atoms with Crippen molar-refractivity contribution in [1.82, 2.24) is 5.32 Å². The fraction of sp³-hybridized carbons (Fsp3) is 0.400. The Morgan fingerprint density at radius 1 is 1.78 bits per heavy atom. The highest BCUT2D eigenvalue weighted by Crippen LogP contribution is 1.63. The zero-order chi connectivity index (χ0) is 7.11. The van der Waals surface area contributed by atoms with Gasteiger partial charge in [0.15, 0.2) is 0 Å². The summed E-state index contributed by atoms with van der Waals surface area (Å²) in [4.78, 5) is 9.81. The van der Waals surface area contributed by atoms with Crippen LogP contribution in [0.2, 0.25) is 0 Å². The monoisotopic (exact) mass is 145 g/mol. The van der Waals surface area contributed by atoms with Crippen LogP contribution in [-0.2, 0) is 4.79 Å². The van der Waals surface area contributed by atoms with Gasteiger partial charge in [0.25, 0.3) is 0 Å². The minimum absolute atomic E-state index is 0.124. The Morgan fingerprint density at radius 2 is 2.44 bits per heavy atom. The molecule has 0 amide bonds. The molecule has 0 saturated heterocycles. The lowest BCUT2D eigenvalue weighted by molar-refractivity contribution is -0.135. The molecule has 3 nitrogen and oxygen atoms in total. The van der Waals surface area contributed by atoms with Crippen molar-refractivity contribution in [3.63, 3.8) is 0 Å². The van der Waals surface area contributed by atoms with E-state index in [9.17, 15) is 4.79 Å². The molecule has 0 aromatic rings. The molecule has 0 atom stereocenters. The van der Waals surface area contributed by atoms with Crippen LogP contribution in [0.1, 0.15) is 0 Å². The van der Waals surface area contributed by atoms with Gasteiger partial charge in [-0.05, 0) is 0 Å². The summed E-state index contributed by atoms with van der Waals surface area (Å²) in [5.74, 6) is 2.07. The van der Waals surface area contributed by atoms with Gasteiger partial charge in [0.1, 0.15) is 6.54 Å². The third-order valence-electron chi connectivity index (χ3n) is 0.495. The van der Waals surface area contributed by atoms with Crippen LogP contribution in [0.3, 0.4) is 0 Å². The smallest absolute Gasteiger partial charge is 0.323 e. The van der Waals surface area contributed by atoms with Crippen molar-refractivity contribution in [1.29, 1.82) is 0 Å². The van der Waals surface area contributed by atoms with Crippen molar-refractivity contribution in [3.05, 3.63) is 0 Å². The summed E-state index contributed by atoms with van der Waals surface area (Å²) in [6.07, 6.45) is 0. The van der Waals surface area contributed by atoms with Crippen LogP contribution in [0.5, 0.6) is 0 Å². The fourth-order valence-electron chi connectivity index (χ4n) is 0.222. The van der Waals surface area contributed by atoms with Gasteiger partial charge in [0.05, 0.1) is 5.75 Å². The van der Waals surface area contributed by atoms with E-state index in [1.165, 1.54) is 0 Å². The Morgan fingerprint density at radius 3 is 2.89 bits per heavy atom. The van der Waals surface area contributed by atoms with E-state index in [1.54, 1.807) is 0 Å². The van der Waals surface area contributed by atoms with Gasteiger partial charge in [-0.25, -0.2) is 0 Å². The largest absolute Gasteiger partial charge is 0.480 e. The van der Waals surface area contributed by atoms with Crippen LogP contribution in [0, 0.1) is 12.0 Å². The predicted molar refractivity (Wildman–Crippen MR) is 37.3 cm³/mol. The summed E-state index contributed by atoms with van der Waals surface area (Å²) in [6.45, 7) is -0.124. The molecule has 0 saturated carbocycles. The second kappa shape index (κ2) is 5.32. The maximum atomic E-state index is 9.81. The number of aliphatic carboxylic acids is 1. The Bertz CT molecular complexity index is 147. The first kappa shape index (κ1) is 8.18. The highest BCUT2D eigenvalue weighted by atomic mass is 32.1. The molecule has 0 aliphatic carbocycles. The van der Waals surface area contributed by atoms with Gasteiger partial charge in [-0.3, -0.25) is 4.79 Å². The summed E-state index contributed by atoms with van der Waals surface area (Å²) < 4.78 is 0. The topological polar surface area (TPSA) is 49.3 Å². The number of nitrogens with one attached hydrogen (secondary N) is 1. The van der Waals surface area contributed by atoms with E-state index in [1.807, 2.05) is 0 Å². The number of rotatable bonds is 2. The summed E-state index contributed by atoms with van der Waals surface area (Å²) in [6, 6.07) is 2.41. The Labute approximate surface area is 58.9 Å². The van der Waals surface area contributed by atoms with E-state index in [-0.39, 0.29) is 6.54 Å². The van der Waals surface area contributed by atoms with Crippen LogP contribution in [0.4, 0.5) is 0 Å². The molecule has 0 radical (unpaired) electrons. The number of hydrogen-bond donors (Lipinski definition) is 3. The summed E-state index contributed by atoms with van der Waals surface area (Å²) in [7, 11) is 0. The van der Waals surface area contributed by atoms with Crippen LogP contribution in [0.15, 0.2) is 0 Å². The van der Waals surface area contributed by atoms with E-state index in [0.29, 0.717) is 5.75 Å². The molecule has 0 aliphatic rings. The Kier molecular flexibility index (Phi) is 4.83. The fourth-order valence-corrected chi connectivity index (χ4v) is 0.301. The number of thiol groups is 1. The molecule has 0 spiro atoms. The van der Waals surface area contributed by atoms with Gasteiger partial charge in [-0.15, -0.1) is 0 Å². The molecule has 0 rings (SSSR count). The van der Waals surface area contributed by atoms with E-state index < -0.39 is 5.97 Å². The average molecular weight is 145 g/mol. The van der Waals surface area contributed by atoms with Gasteiger partial charge in [0, 0.05) is 6.04 Å². The first-order valence-corrected chi connectivity index (χ1v) is 2.94. The van der Waals surface area contributed by atoms with Gasteiger partial charge in [-0.1, -0.05) is 5.92 Å². The Balaban J connectivity index is 3.19. The second-order valence-corrected chi connectivity index (χ2v) is 1.52. The Hall–Kier alpha value is -0.820. The number of carboxylic acid groups (broad SMARTS) is 1. The van der Waals surface area contributed by atoms with Gasteiger partial charge in [0.2, 0.25) is 0 Å². The molecule has 4 heteroatoms. The highest BCUT2D eigenvalue weighted by molar-refractivity contribution is 7.80. The maximum Gasteiger partial charge on any atom is 0.323 e. The molecule has 0 heterocycles. The van der Waals surface area contributed by atoms with Crippen molar-refractivity contribution in [2.45, 2.75) is 0 Å². The molecule has 9 heavy (non-hydrogen) atoms. The molecule has 50 valence electrons. The van der Waals surface area contributed by atoms with E-state index in [4.69, 9.17) is 5.11 Å². The predicted octanol–water partition coefficient (Wildman–Crippen LogP) is -0.449. The molecular formula is C5H7NO2S. The van der Waals surface area contributed by atoms with E-state index in [0.717, 1.165) is 0 Å². The minimum Gasteiger partial charge on any atom is -0.480 e. The van der Waals surface area contributed by atoms with Gasteiger partial charge in [-0.2, -0.15) is 12.6 Å². The van der Waals surface area contributed by atoms with E-state index >= 15 is 0 Å². The number of hydrogen-bond acceptors (Lipinski definition) is 3. The maximum absolute atomic E-state index is 9.81. The summed E-state index contributed by atoms with van der Waals surface area (Å²) >= 11 is 3.78. The molecule has 0 aromatic heterocycles. The lowest BCUT2D eigenvalue weighted by Gasteiger charge is -1.87. The number of carbonyl (C=O) groups is 1. The summed E-state index contributed by atoms with van der Waals surface area (Å²) in [5.41, 5.74) is 0. The van der Waals surface area contributed by atoms with Crippen molar-refractivity contribution in [2.75, 3.05) is 12.3 Å². The van der Waals surface area contributed by atoms with Crippen LogP contribution >= 0.6 is 12.6 Å². The average Bonchev–Trinajstić information content (AvgIpc) is 1.80. The lowest BCUT2D eigenvalue weighted by Crippen LogP contribution is -2.17. The molecule has 0 aromatic carbocycles. The molecule has 0 unspecified atom stereocenters. The van der Waals surface area contributed by atoms with Gasteiger partial charge < -0.3 is 10.4 Å².